The van der Waals surface area contributed by atoms with E-state index in [0.717, 1.165) is 29.0 Å². The maximum absolute atomic E-state index is 12.7. The molecule has 7 atom stereocenters. The Balaban J connectivity index is 1.48. The smallest absolute Gasteiger partial charge is 0.396 e. The normalized spacial score (nSPS) is 21.8. The summed E-state index contributed by atoms with van der Waals surface area (Å²) in [5.74, 6) is -1.19. The molecule has 2 aromatic rings. The van der Waals surface area contributed by atoms with Crippen LogP contribution in [0.3, 0.4) is 0 Å². The van der Waals surface area contributed by atoms with Crippen LogP contribution in [-0.2, 0) is 50.7 Å². The first-order valence-corrected chi connectivity index (χ1v) is 21.9. The highest BCUT2D eigenvalue weighted by molar-refractivity contribution is 8.13. The first-order valence-electron chi connectivity index (χ1n) is 16.4. The number of anilines is 1. The molecule has 0 aromatic carbocycles. The number of imidazole rings is 1. The van der Waals surface area contributed by atoms with E-state index in [1.165, 1.54) is 13.8 Å². The number of aliphatic hydroxyl groups excluding tert-OH is 3. The Kier molecular flexibility index (Phi) is 17.7. The molecule has 56 heavy (non-hydrogen) atoms. The van der Waals surface area contributed by atoms with E-state index < -0.39 is 84.6 Å². The lowest BCUT2D eigenvalue weighted by Gasteiger charge is -2.30. The predicted octanol–water partition coefficient (Wildman–Crippen LogP) is -1.01. The SMILES string of the molecule is CC(C)(COP(=O)(O)OP(=O)(O)OC[C@H]1O[C@@H](n2cnc3c(N)ncnc32)[C@H](O)[C@@H]1OP(=O)(O)O)[C@@H](O)C(=O)NCCC(=O)NCCSC(=O)CC=CCCO. The molecule has 1 aliphatic rings. The Labute approximate surface area is 322 Å². The number of carbonyl (C=O) groups excluding carboxylic acids is 3. The maximum Gasteiger partial charge on any atom is 0.481 e. The fraction of sp³-hybridized carbons (Fsp3) is 0.630. The number of nitrogens with zero attached hydrogens (tertiary/aromatic N) is 4. The molecule has 0 aliphatic carbocycles. The fourth-order valence-corrected chi connectivity index (χ4v) is 8.20. The number of carbonyl (C=O) groups is 3. The van der Waals surface area contributed by atoms with Crippen LogP contribution in [0.25, 0.3) is 11.2 Å². The Morgan fingerprint density at radius 2 is 1.77 bits per heavy atom. The lowest BCUT2D eigenvalue weighted by atomic mass is 9.87. The number of nitrogen functional groups attached to an aromatic ring is 1. The third kappa shape index (κ3) is 14.9. The highest BCUT2D eigenvalue weighted by Crippen LogP contribution is 2.61. The summed E-state index contributed by atoms with van der Waals surface area (Å²) in [4.78, 5) is 87.2. The summed E-state index contributed by atoms with van der Waals surface area (Å²) in [6, 6.07) is 0. The number of amides is 2. The standard InChI is InChI=1S/C27H44N7O18P3S/c1-27(2,22(39)25(40)30-8-7-17(36)29-9-11-56-18(37)6-4-3-5-10-35)13-49-55(46,47)52-54(44,45)48-12-16-21(51-53(41,42)43)20(38)26(50-16)34-15-33-19-23(28)31-14-32-24(19)34/h3-4,14-16,20-22,26,35,38-39H,5-13H2,1-2H3,(H,29,36)(H,30,40)(H,44,45)(H,46,47)(H2,28,31,32)(H2,41,42,43)/t16-,20-,21-,22+,26-/m1/s1. The van der Waals surface area contributed by atoms with E-state index in [1.54, 1.807) is 12.2 Å². The zero-order valence-electron chi connectivity index (χ0n) is 29.8. The lowest BCUT2D eigenvalue weighted by Crippen LogP contribution is -2.46. The van der Waals surface area contributed by atoms with Gasteiger partial charge in [-0.1, -0.05) is 37.8 Å². The van der Waals surface area contributed by atoms with Crippen LogP contribution in [0.1, 0.15) is 39.3 Å². The van der Waals surface area contributed by atoms with Gasteiger partial charge in [0, 0.05) is 43.7 Å². The van der Waals surface area contributed by atoms with E-state index >= 15 is 0 Å². The van der Waals surface area contributed by atoms with Gasteiger partial charge in [-0.15, -0.1) is 0 Å². The molecule has 11 N–H and O–H groups in total. The van der Waals surface area contributed by atoms with Crippen molar-refractivity contribution in [3.63, 3.8) is 0 Å². The van der Waals surface area contributed by atoms with Crippen molar-refractivity contribution in [3.05, 3.63) is 24.8 Å². The second-order valence-corrected chi connectivity index (χ2v) is 17.9. The number of fused-ring (bicyclic) bond motifs is 1. The summed E-state index contributed by atoms with van der Waals surface area (Å²) in [6.45, 7) is 0.392. The molecule has 2 amide bonds. The second kappa shape index (κ2) is 20.8. The van der Waals surface area contributed by atoms with Gasteiger partial charge in [0.1, 0.15) is 36.3 Å². The molecule has 3 rings (SSSR count). The molecule has 25 nitrogen and oxygen atoms in total. The Hall–Kier alpha value is -2.74. The number of phosphoric acid groups is 3. The number of hydrogen-bond donors (Lipinski definition) is 10. The average Bonchev–Trinajstić information content (AvgIpc) is 3.66. The van der Waals surface area contributed by atoms with Gasteiger partial charge < -0.3 is 56.0 Å². The van der Waals surface area contributed by atoms with Crippen LogP contribution in [0.5, 0.6) is 0 Å². The summed E-state index contributed by atoms with van der Waals surface area (Å²) in [6.07, 6.45) is -3.03. The quantitative estimate of drug-likeness (QED) is 0.0363. The van der Waals surface area contributed by atoms with Crippen LogP contribution < -0.4 is 16.4 Å². The molecule has 0 bridgehead atoms. The van der Waals surface area contributed by atoms with Gasteiger partial charge in [0.2, 0.25) is 11.8 Å². The molecule has 0 saturated carbocycles. The van der Waals surface area contributed by atoms with Crippen molar-refractivity contribution < 1.29 is 85.6 Å². The molecule has 0 radical (unpaired) electrons. The number of ether oxygens (including phenoxy) is 1. The Morgan fingerprint density at radius 1 is 1.07 bits per heavy atom. The van der Waals surface area contributed by atoms with Gasteiger partial charge in [-0.2, -0.15) is 4.31 Å². The Morgan fingerprint density at radius 3 is 2.45 bits per heavy atom. The van der Waals surface area contributed by atoms with Crippen molar-refractivity contribution in [1.29, 1.82) is 0 Å². The van der Waals surface area contributed by atoms with Gasteiger partial charge >= 0.3 is 23.5 Å². The van der Waals surface area contributed by atoms with E-state index in [-0.39, 0.29) is 54.6 Å². The molecular formula is C27H44N7O18P3S. The second-order valence-electron chi connectivity index (χ2n) is 12.5. The van der Waals surface area contributed by atoms with Crippen molar-refractivity contribution in [2.45, 2.75) is 63.8 Å². The summed E-state index contributed by atoms with van der Waals surface area (Å²) in [5.41, 5.74) is 4.24. The third-order valence-corrected chi connectivity index (χ3v) is 11.5. The summed E-state index contributed by atoms with van der Waals surface area (Å²) in [5, 5.41) is 34.9. The van der Waals surface area contributed by atoms with Gasteiger partial charge in [-0.3, -0.25) is 32.5 Å². The lowest BCUT2D eigenvalue weighted by molar-refractivity contribution is -0.137. The summed E-state index contributed by atoms with van der Waals surface area (Å²) >= 11 is 1.01. The first-order chi connectivity index (χ1) is 26.1. The van der Waals surface area contributed by atoms with E-state index in [4.69, 9.17) is 24.6 Å². The summed E-state index contributed by atoms with van der Waals surface area (Å²) in [7, 11) is -16.4. The zero-order valence-corrected chi connectivity index (χ0v) is 33.3. The van der Waals surface area contributed by atoms with Gasteiger partial charge in [-0.25, -0.2) is 28.6 Å². The maximum atomic E-state index is 12.7. The van der Waals surface area contributed by atoms with Crippen LogP contribution in [0.4, 0.5) is 5.82 Å². The van der Waals surface area contributed by atoms with Gasteiger partial charge in [0.25, 0.3) is 0 Å². The van der Waals surface area contributed by atoms with Gasteiger partial charge in [0.15, 0.2) is 22.8 Å². The number of phosphoric ester groups is 3. The van der Waals surface area contributed by atoms with E-state index in [0.29, 0.717) is 12.2 Å². The minimum absolute atomic E-state index is 0.0182. The molecule has 1 aliphatic heterocycles. The molecule has 3 heterocycles. The highest BCUT2D eigenvalue weighted by Gasteiger charge is 2.50. The van der Waals surface area contributed by atoms with E-state index in [2.05, 4.69) is 34.4 Å². The third-order valence-electron chi connectivity index (χ3n) is 7.51. The molecule has 2 unspecified atom stereocenters. The topological polar surface area (TPSA) is 384 Å². The van der Waals surface area contributed by atoms with Crippen molar-refractivity contribution in [3.8, 4) is 0 Å². The Bertz CT molecular complexity index is 1850. The van der Waals surface area contributed by atoms with Crippen LogP contribution in [0, 0.1) is 5.41 Å². The average molecular weight is 880 g/mol. The van der Waals surface area contributed by atoms with Crippen LogP contribution in [0.15, 0.2) is 24.8 Å². The van der Waals surface area contributed by atoms with Crippen LogP contribution in [-0.4, -0.2) is 134 Å². The highest BCUT2D eigenvalue weighted by atomic mass is 32.2. The number of allylic oxidation sites excluding steroid dienone is 1. The van der Waals surface area contributed by atoms with E-state index in [1.807, 2.05) is 0 Å². The van der Waals surface area contributed by atoms with Crippen molar-refractivity contribution >= 4 is 69.1 Å². The van der Waals surface area contributed by atoms with Crippen LogP contribution >= 0.6 is 35.2 Å². The number of rotatable bonds is 23. The number of aromatic nitrogens is 4. The number of aliphatic hydroxyl groups is 3. The van der Waals surface area contributed by atoms with Crippen molar-refractivity contribution in [2.24, 2.45) is 5.41 Å². The molecular weight excluding hydrogens is 835 g/mol. The van der Waals surface area contributed by atoms with Gasteiger partial charge in [0.05, 0.1) is 19.5 Å². The monoisotopic (exact) mass is 879 g/mol. The number of hydrogen-bond acceptors (Lipinski definition) is 19. The van der Waals surface area contributed by atoms with Crippen molar-refractivity contribution in [2.75, 3.05) is 44.4 Å². The van der Waals surface area contributed by atoms with Gasteiger partial charge in [-0.05, 0) is 6.42 Å². The molecule has 29 heteroatoms. The molecule has 1 saturated heterocycles. The minimum Gasteiger partial charge on any atom is -0.396 e. The number of thioether (sulfide) groups is 1. The largest absolute Gasteiger partial charge is 0.481 e. The molecule has 2 aromatic heterocycles. The molecule has 0 spiro atoms. The zero-order chi connectivity index (χ0) is 41.9. The first kappa shape index (κ1) is 47.6. The number of nitrogens with two attached hydrogens (primary N) is 1. The van der Waals surface area contributed by atoms with E-state index in [9.17, 15) is 57.9 Å². The van der Waals surface area contributed by atoms with Crippen molar-refractivity contribution in [1.82, 2.24) is 30.2 Å². The minimum atomic E-state index is -5.57. The van der Waals surface area contributed by atoms with Crippen LogP contribution in [0.2, 0.25) is 0 Å². The molecule has 1 fully saturated rings. The number of nitrogens with one attached hydrogen (secondary N) is 2. The predicted molar refractivity (Wildman–Crippen MR) is 193 cm³/mol. The molecule has 316 valence electrons. The fourth-order valence-electron chi connectivity index (χ4n) is 4.73. The summed E-state index contributed by atoms with van der Waals surface area (Å²) < 4.78 is 62.0.